The number of nitrogens with one attached hydrogen (secondary N) is 1. The standard InChI is InChI=1S/C13H26N2O3/c1-8(2)9(7-14)12(18)15-10(6-11(16)17)13(3,4)5/h8-10H,6-7,14H2,1-5H3,(H,15,18)(H,16,17). The van der Waals surface area contributed by atoms with Crippen molar-refractivity contribution in [1.29, 1.82) is 0 Å². The quantitative estimate of drug-likeness (QED) is 0.668. The molecule has 0 spiro atoms. The van der Waals surface area contributed by atoms with Gasteiger partial charge in [-0.15, -0.1) is 0 Å². The maximum Gasteiger partial charge on any atom is 0.305 e. The second-order valence-electron chi connectivity index (χ2n) is 6.11. The molecule has 0 aliphatic heterocycles. The predicted molar refractivity (Wildman–Crippen MR) is 71.0 cm³/mol. The van der Waals surface area contributed by atoms with Gasteiger partial charge in [0.1, 0.15) is 0 Å². The van der Waals surface area contributed by atoms with Crippen LogP contribution in [0.25, 0.3) is 0 Å². The normalized spacial score (nSPS) is 15.3. The van der Waals surface area contributed by atoms with Crippen LogP contribution in [0, 0.1) is 17.3 Å². The highest BCUT2D eigenvalue weighted by molar-refractivity contribution is 5.80. The third-order valence-corrected chi connectivity index (χ3v) is 3.14. The number of nitrogens with two attached hydrogens (primary N) is 1. The van der Waals surface area contributed by atoms with Gasteiger partial charge in [-0.2, -0.15) is 0 Å². The van der Waals surface area contributed by atoms with E-state index >= 15 is 0 Å². The second-order valence-corrected chi connectivity index (χ2v) is 6.11. The Balaban J connectivity index is 4.77. The van der Waals surface area contributed by atoms with Crippen molar-refractivity contribution in [2.24, 2.45) is 23.0 Å². The summed E-state index contributed by atoms with van der Waals surface area (Å²) in [5.41, 5.74) is 5.28. The predicted octanol–water partition coefficient (Wildman–Crippen LogP) is 1.22. The zero-order valence-electron chi connectivity index (χ0n) is 12.0. The molecule has 18 heavy (non-hydrogen) atoms. The van der Waals surface area contributed by atoms with Crippen molar-refractivity contribution in [3.8, 4) is 0 Å². The highest BCUT2D eigenvalue weighted by Gasteiger charge is 2.31. The number of hydrogen-bond acceptors (Lipinski definition) is 3. The van der Waals surface area contributed by atoms with E-state index in [0.717, 1.165) is 0 Å². The average molecular weight is 258 g/mol. The van der Waals surface area contributed by atoms with Gasteiger partial charge in [-0.25, -0.2) is 0 Å². The molecule has 1 amide bonds. The molecule has 2 atom stereocenters. The second kappa shape index (κ2) is 6.73. The number of hydrogen-bond donors (Lipinski definition) is 3. The van der Waals surface area contributed by atoms with Crippen molar-refractivity contribution < 1.29 is 14.7 Å². The topological polar surface area (TPSA) is 92.4 Å². The van der Waals surface area contributed by atoms with Crippen LogP contribution in [0.3, 0.4) is 0 Å². The van der Waals surface area contributed by atoms with Crippen molar-refractivity contribution in [3.05, 3.63) is 0 Å². The molecule has 0 saturated heterocycles. The fourth-order valence-corrected chi connectivity index (χ4v) is 1.71. The molecule has 0 aliphatic carbocycles. The summed E-state index contributed by atoms with van der Waals surface area (Å²) in [6, 6.07) is -0.393. The maximum absolute atomic E-state index is 12.1. The van der Waals surface area contributed by atoms with E-state index in [4.69, 9.17) is 10.8 Å². The highest BCUT2D eigenvalue weighted by atomic mass is 16.4. The Morgan fingerprint density at radius 1 is 1.28 bits per heavy atom. The van der Waals surface area contributed by atoms with E-state index in [0.29, 0.717) is 0 Å². The zero-order chi connectivity index (χ0) is 14.5. The smallest absolute Gasteiger partial charge is 0.305 e. The van der Waals surface area contributed by atoms with Crippen LogP contribution in [-0.2, 0) is 9.59 Å². The van der Waals surface area contributed by atoms with Gasteiger partial charge in [0.2, 0.25) is 5.91 Å². The number of carboxylic acids is 1. The lowest BCUT2D eigenvalue weighted by atomic mass is 9.84. The van der Waals surface area contributed by atoms with Gasteiger partial charge in [0.15, 0.2) is 0 Å². The Hall–Kier alpha value is -1.10. The summed E-state index contributed by atoms with van der Waals surface area (Å²) >= 11 is 0. The van der Waals surface area contributed by atoms with Gasteiger partial charge in [0.25, 0.3) is 0 Å². The number of carbonyl (C=O) groups is 2. The maximum atomic E-state index is 12.1. The number of aliphatic carboxylic acids is 1. The number of rotatable bonds is 6. The van der Waals surface area contributed by atoms with E-state index in [1.807, 2.05) is 34.6 Å². The molecule has 0 fully saturated rings. The van der Waals surface area contributed by atoms with Crippen LogP contribution in [0.15, 0.2) is 0 Å². The van der Waals surface area contributed by atoms with Crippen molar-refractivity contribution >= 4 is 11.9 Å². The van der Waals surface area contributed by atoms with Crippen LogP contribution in [0.1, 0.15) is 41.0 Å². The molecule has 5 nitrogen and oxygen atoms in total. The number of carboxylic acid groups (broad SMARTS) is 1. The summed E-state index contributed by atoms with van der Waals surface area (Å²) in [7, 11) is 0. The number of amides is 1. The average Bonchev–Trinajstić information content (AvgIpc) is 2.14. The molecule has 0 bridgehead atoms. The molecule has 106 valence electrons. The molecular weight excluding hydrogens is 232 g/mol. The van der Waals surface area contributed by atoms with Crippen LogP contribution in [0.2, 0.25) is 0 Å². The highest BCUT2D eigenvalue weighted by Crippen LogP contribution is 2.23. The van der Waals surface area contributed by atoms with Gasteiger partial charge < -0.3 is 16.2 Å². The van der Waals surface area contributed by atoms with Gasteiger partial charge in [-0.3, -0.25) is 9.59 Å². The van der Waals surface area contributed by atoms with Gasteiger partial charge >= 0.3 is 5.97 Å². The van der Waals surface area contributed by atoms with E-state index in [1.165, 1.54) is 0 Å². The first kappa shape index (κ1) is 16.9. The third-order valence-electron chi connectivity index (χ3n) is 3.14. The van der Waals surface area contributed by atoms with Crippen molar-refractivity contribution in [3.63, 3.8) is 0 Å². The van der Waals surface area contributed by atoms with Gasteiger partial charge in [-0.05, 0) is 11.3 Å². The molecule has 0 radical (unpaired) electrons. The van der Waals surface area contributed by atoms with Crippen LogP contribution in [-0.4, -0.2) is 29.6 Å². The van der Waals surface area contributed by atoms with E-state index in [-0.39, 0.29) is 36.1 Å². The lowest BCUT2D eigenvalue weighted by Crippen LogP contribution is -2.49. The SMILES string of the molecule is CC(C)C(CN)C(=O)NC(CC(=O)O)C(C)(C)C. The van der Waals surface area contributed by atoms with Gasteiger partial charge in [-0.1, -0.05) is 34.6 Å². The summed E-state index contributed by atoms with van der Waals surface area (Å²) in [4.78, 5) is 22.9. The molecule has 0 aromatic heterocycles. The molecule has 0 heterocycles. The molecule has 0 aromatic rings. The Bertz CT molecular complexity index is 295. The summed E-state index contributed by atoms with van der Waals surface area (Å²) in [5, 5.41) is 11.7. The molecule has 0 aromatic carbocycles. The van der Waals surface area contributed by atoms with Gasteiger partial charge in [0, 0.05) is 12.6 Å². The lowest BCUT2D eigenvalue weighted by molar-refractivity contribution is -0.138. The van der Waals surface area contributed by atoms with E-state index in [1.54, 1.807) is 0 Å². The summed E-state index contributed by atoms with van der Waals surface area (Å²) in [6.45, 7) is 9.86. The summed E-state index contributed by atoms with van der Waals surface area (Å²) < 4.78 is 0. The van der Waals surface area contributed by atoms with E-state index in [9.17, 15) is 9.59 Å². The molecule has 0 saturated carbocycles. The zero-order valence-corrected chi connectivity index (χ0v) is 12.0. The van der Waals surface area contributed by atoms with E-state index in [2.05, 4.69) is 5.32 Å². The largest absolute Gasteiger partial charge is 0.481 e. The molecular formula is C13H26N2O3. The Morgan fingerprint density at radius 3 is 2.06 bits per heavy atom. The van der Waals surface area contributed by atoms with E-state index < -0.39 is 12.0 Å². The molecule has 4 N–H and O–H groups in total. The van der Waals surface area contributed by atoms with Crippen molar-refractivity contribution in [2.45, 2.75) is 47.1 Å². The lowest BCUT2D eigenvalue weighted by Gasteiger charge is -2.32. The third kappa shape index (κ3) is 5.49. The Labute approximate surface area is 109 Å². The fourth-order valence-electron chi connectivity index (χ4n) is 1.71. The van der Waals surface area contributed by atoms with Crippen molar-refractivity contribution in [2.75, 3.05) is 6.54 Å². The first-order valence-electron chi connectivity index (χ1n) is 6.31. The first-order chi connectivity index (χ1) is 8.09. The Morgan fingerprint density at radius 2 is 1.78 bits per heavy atom. The minimum atomic E-state index is -0.913. The number of carbonyl (C=O) groups excluding carboxylic acids is 1. The van der Waals surface area contributed by atoms with Crippen molar-refractivity contribution in [1.82, 2.24) is 5.32 Å². The van der Waals surface area contributed by atoms with Gasteiger partial charge in [0.05, 0.1) is 12.3 Å². The minimum Gasteiger partial charge on any atom is -0.481 e. The minimum absolute atomic E-state index is 0.0787. The van der Waals surface area contributed by atoms with Crippen LogP contribution < -0.4 is 11.1 Å². The molecule has 0 rings (SSSR count). The van der Waals surface area contributed by atoms with Crippen LogP contribution in [0.5, 0.6) is 0 Å². The molecule has 2 unspecified atom stereocenters. The molecule has 5 heteroatoms. The van der Waals surface area contributed by atoms with Crippen LogP contribution >= 0.6 is 0 Å². The fraction of sp³-hybridized carbons (Fsp3) is 0.846. The summed E-state index contributed by atoms with van der Waals surface area (Å²) in [6.07, 6.45) is -0.0787. The Kier molecular flexibility index (Phi) is 6.32. The van der Waals surface area contributed by atoms with Crippen LogP contribution in [0.4, 0.5) is 0 Å². The monoisotopic (exact) mass is 258 g/mol. The summed E-state index contributed by atoms with van der Waals surface area (Å²) in [5.74, 6) is -1.21. The first-order valence-corrected chi connectivity index (χ1v) is 6.31. The molecule has 0 aliphatic rings.